The Hall–Kier alpha value is -1.71. The molecule has 0 atom stereocenters. The van der Waals surface area contributed by atoms with Crippen molar-refractivity contribution in [3.05, 3.63) is 51.4 Å². The van der Waals surface area contributed by atoms with E-state index in [9.17, 15) is 4.79 Å². The summed E-state index contributed by atoms with van der Waals surface area (Å²) in [5.74, 6) is 1.17. The topological polar surface area (TPSA) is 58.6 Å². The van der Waals surface area contributed by atoms with Crippen LogP contribution in [0.25, 0.3) is 10.9 Å². The molecule has 2 aromatic heterocycles. The van der Waals surface area contributed by atoms with Crippen molar-refractivity contribution in [1.82, 2.24) is 19.8 Å². The fourth-order valence-corrected chi connectivity index (χ4v) is 5.35. The minimum Gasteiger partial charge on any atom is -0.379 e. The molecule has 0 aliphatic carbocycles. The molecule has 0 radical (unpaired) electrons. The Kier molecular flexibility index (Phi) is 7.22. The van der Waals surface area contributed by atoms with Gasteiger partial charge in [0.25, 0.3) is 0 Å². The number of carbonyl (C=O) groups excluding carboxylic acids is 1. The second-order valence-corrected chi connectivity index (χ2v) is 9.86. The van der Waals surface area contributed by atoms with Gasteiger partial charge in [0.15, 0.2) is 0 Å². The first-order valence-corrected chi connectivity index (χ1v) is 11.9. The average Bonchev–Trinajstić information content (AvgIpc) is 3.17. The highest BCUT2D eigenvalue weighted by Gasteiger charge is 2.16. The van der Waals surface area contributed by atoms with Gasteiger partial charge in [0.1, 0.15) is 10.9 Å². The molecule has 9 heteroatoms. The summed E-state index contributed by atoms with van der Waals surface area (Å²) in [7, 11) is 1.82. The van der Waals surface area contributed by atoms with Crippen molar-refractivity contribution < 1.29 is 9.53 Å². The van der Waals surface area contributed by atoms with Gasteiger partial charge in [-0.3, -0.25) is 9.69 Å². The molecule has 1 saturated heterocycles. The predicted molar refractivity (Wildman–Crippen MR) is 122 cm³/mol. The molecule has 30 heavy (non-hydrogen) atoms. The predicted octanol–water partition coefficient (Wildman–Crippen LogP) is 3.93. The number of carbonyl (C=O) groups is 1. The zero-order valence-electron chi connectivity index (χ0n) is 16.7. The summed E-state index contributed by atoms with van der Waals surface area (Å²) >= 11 is 8.96. The fourth-order valence-electron chi connectivity index (χ4n) is 3.23. The Morgan fingerprint density at radius 3 is 2.80 bits per heavy atom. The first-order valence-electron chi connectivity index (χ1n) is 9.75. The molecule has 3 heterocycles. The Balaban J connectivity index is 1.45. The third-order valence-electron chi connectivity index (χ3n) is 4.86. The molecule has 1 fully saturated rings. The molecule has 0 unspecified atom stereocenters. The van der Waals surface area contributed by atoms with Crippen LogP contribution in [0.4, 0.5) is 0 Å². The van der Waals surface area contributed by atoms with Crippen molar-refractivity contribution in [2.24, 2.45) is 0 Å². The summed E-state index contributed by atoms with van der Waals surface area (Å²) in [6, 6.07) is 11.8. The lowest BCUT2D eigenvalue weighted by atomic mass is 10.2. The largest absolute Gasteiger partial charge is 0.379 e. The minimum atomic E-state index is 0.0574. The molecule has 0 spiro atoms. The second-order valence-electron chi connectivity index (χ2n) is 7.09. The number of hydrogen-bond acceptors (Lipinski definition) is 7. The van der Waals surface area contributed by atoms with Crippen molar-refractivity contribution >= 4 is 51.5 Å². The molecular weight excluding hydrogens is 440 g/mol. The molecule has 1 aliphatic rings. The van der Waals surface area contributed by atoms with E-state index in [1.165, 1.54) is 23.1 Å². The summed E-state index contributed by atoms with van der Waals surface area (Å²) < 4.78 is 6.16. The standard InChI is InChI=1S/C21H23ClN4O2S2/c1-25(12-15-6-7-18(22)30-15)20(27)14-29-21-16-4-2-3-5-17(16)23-19(24-21)13-26-8-10-28-11-9-26/h2-7H,8-14H2,1H3. The van der Waals surface area contributed by atoms with Crippen LogP contribution in [-0.4, -0.2) is 64.8 Å². The van der Waals surface area contributed by atoms with Crippen LogP contribution in [0.15, 0.2) is 41.4 Å². The molecule has 0 bridgehead atoms. The van der Waals surface area contributed by atoms with Gasteiger partial charge in [0.05, 0.1) is 41.9 Å². The highest BCUT2D eigenvalue weighted by atomic mass is 35.5. The number of fused-ring (bicyclic) bond motifs is 1. The number of para-hydroxylation sites is 1. The smallest absolute Gasteiger partial charge is 0.233 e. The number of thiophene rings is 1. The van der Waals surface area contributed by atoms with E-state index in [1.54, 1.807) is 4.90 Å². The van der Waals surface area contributed by atoms with Crippen LogP contribution in [0.1, 0.15) is 10.7 Å². The molecule has 6 nitrogen and oxygen atoms in total. The van der Waals surface area contributed by atoms with Crippen LogP contribution in [0, 0.1) is 0 Å². The quantitative estimate of drug-likeness (QED) is 0.391. The van der Waals surface area contributed by atoms with Crippen LogP contribution in [0.5, 0.6) is 0 Å². The van der Waals surface area contributed by atoms with Crippen molar-refractivity contribution in [3.8, 4) is 0 Å². The maximum Gasteiger partial charge on any atom is 0.233 e. The molecule has 1 amide bonds. The van der Waals surface area contributed by atoms with Gasteiger partial charge in [-0.1, -0.05) is 41.6 Å². The lowest BCUT2D eigenvalue weighted by molar-refractivity contribution is -0.127. The Labute approximate surface area is 189 Å². The van der Waals surface area contributed by atoms with E-state index in [-0.39, 0.29) is 5.91 Å². The van der Waals surface area contributed by atoms with Crippen LogP contribution in [0.3, 0.4) is 0 Å². The number of aromatic nitrogens is 2. The van der Waals surface area contributed by atoms with E-state index >= 15 is 0 Å². The Morgan fingerprint density at radius 1 is 1.23 bits per heavy atom. The minimum absolute atomic E-state index is 0.0574. The van der Waals surface area contributed by atoms with Crippen LogP contribution in [0.2, 0.25) is 4.34 Å². The van der Waals surface area contributed by atoms with E-state index in [0.717, 1.165) is 57.3 Å². The van der Waals surface area contributed by atoms with E-state index in [0.29, 0.717) is 18.8 Å². The maximum absolute atomic E-state index is 12.7. The number of thioether (sulfide) groups is 1. The van der Waals surface area contributed by atoms with E-state index in [1.807, 2.05) is 43.4 Å². The number of halogens is 1. The van der Waals surface area contributed by atoms with E-state index in [4.69, 9.17) is 26.3 Å². The summed E-state index contributed by atoms with van der Waals surface area (Å²) in [6.07, 6.45) is 0. The first-order chi connectivity index (χ1) is 14.6. The van der Waals surface area contributed by atoms with Gasteiger partial charge >= 0.3 is 0 Å². The highest BCUT2D eigenvalue weighted by Crippen LogP contribution is 2.27. The summed E-state index contributed by atoms with van der Waals surface area (Å²) in [5, 5.41) is 1.83. The summed E-state index contributed by atoms with van der Waals surface area (Å²) in [4.78, 5) is 27.3. The zero-order chi connectivity index (χ0) is 20.9. The highest BCUT2D eigenvalue weighted by molar-refractivity contribution is 8.00. The van der Waals surface area contributed by atoms with Crippen molar-refractivity contribution in [3.63, 3.8) is 0 Å². The van der Waals surface area contributed by atoms with Gasteiger partial charge in [0.2, 0.25) is 5.91 Å². The lowest BCUT2D eigenvalue weighted by Gasteiger charge is -2.26. The number of ether oxygens (including phenoxy) is 1. The zero-order valence-corrected chi connectivity index (χ0v) is 19.1. The Morgan fingerprint density at radius 2 is 2.03 bits per heavy atom. The fraction of sp³-hybridized carbons (Fsp3) is 0.381. The van der Waals surface area contributed by atoms with Crippen molar-refractivity contribution in [2.45, 2.75) is 18.1 Å². The van der Waals surface area contributed by atoms with Crippen LogP contribution >= 0.6 is 34.7 Å². The summed E-state index contributed by atoms with van der Waals surface area (Å²) in [5.41, 5.74) is 0.910. The van der Waals surface area contributed by atoms with Gasteiger partial charge < -0.3 is 9.64 Å². The van der Waals surface area contributed by atoms with Crippen molar-refractivity contribution in [2.75, 3.05) is 39.1 Å². The summed E-state index contributed by atoms with van der Waals surface area (Å²) in [6.45, 7) is 4.50. The number of morpholine rings is 1. The molecule has 3 aromatic rings. The normalized spacial score (nSPS) is 14.9. The van der Waals surface area contributed by atoms with Crippen LogP contribution < -0.4 is 0 Å². The molecule has 158 valence electrons. The second kappa shape index (κ2) is 10.1. The molecule has 4 rings (SSSR count). The van der Waals surface area contributed by atoms with Gasteiger partial charge in [-0.25, -0.2) is 9.97 Å². The first kappa shape index (κ1) is 21.5. The number of rotatable bonds is 7. The number of amides is 1. The van der Waals surface area contributed by atoms with Gasteiger partial charge in [0, 0.05) is 30.4 Å². The Bertz CT molecular complexity index is 1020. The number of nitrogens with zero attached hydrogens (tertiary/aromatic N) is 4. The molecule has 1 aliphatic heterocycles. The van der Waals surface area contributed by atoms with E-state index < -0.39 is 0 Å². The van der Waals surface area contributed by atoms with Crippen molar-refractivity contribution in [1.29, 1.82) is 0 Å². The molecule has 0 saturated carbocycles. The lowest BCUT2D eigenvalue weighted by Crippen LogP contribution is -2.36. The van der Waals surface area contributed by atoms with Gasteiger partial charge in [-0.05, 0) is 18.2 Å². The van der Waals surface area contributed by atoms with Crippen LogP contribution in [-0.2, 0) is 22.6 Å². The molecular formula is C21H23ClN4O2S2. The van der Waals surface area contributed by atoms with Gasteiger partial charge in [-0.15, -0.1) is 11.3 Å². The number of hydrogen-bond donors (Lipinski definition) is 0. The number of benzene rings is 1. The monoisotopic (exact) mass is 462 g/mol. The SMILES string of the molecule is CN(Cc1ccc(Cl)s1)C(=O)CSc1nc(CN2CCOCC2)nc2ccccc12. The maximum atomic E-state index is 12.7. The van der Waals surface area contributed by atoms with E-state index in [2.05, 4.69) is 4.90 Å². The molecule has 0 N–H and O–H groups in total. The van der Waals surface area contributed by atoms with Gasteiger partial charge in [-0.2, -0.15) is 0 Å². The third kappa shape index (κ3) is 5.50. The molecule has 1 aromatic carbocycles. The third-order valence-corrected chi connectivity index (χ3v) is 7.06. The average molecular weight is 463 g/mol.